The number of unbranched alkanes of at least 4 members (excludes halogenated alkanes) is 2. The summed E-state index contributed by atoms with van der Waals surface area (Å²) in [5, 5.41) is 0. The molecule has 0 N–H and O–H groups in total. The van der Waals surface area contributed by atoms with E-state index in [4.69, 9.17) is 18.9 Å². The van der Waals surface area contributed by atoms with E-state index >= 15 is 0 Å². The van der Waals surface area contributed by atoms with Crippen molar-refractivity contribution in [1.29, 1.82) is 0 Å². The van der Waals surface area contributed by atoms with E-state index in [0.29, 0.717) is 0 Å². The van der Waals surface area contributed by atoms with Gasteiger partial charge in [-0.3, -0.25) is 0 Å². The van der Waals surface area contributed by atoms with E-state index in [-0.39, 0.29) is 0 Å². The molecule has 0 saturated heterocycles. The molecule has 0 spiro atoms. The fourth-order valence-corrected chi connectivity index (χ4v) is 15.1. The molecule has 0 radical (unpaired) electrons. The molecule has 0 rings (SSSR count). The Kier molecular flexibility index (Phi) is 15.3. The van der Waals surface area contributed by atoms with Crippen molar-refractivity contribution in [3.8, 4) is 0 Å². The van der Waals surface area contributed by atoms with Crippen LogP contribution in [0, 0.1) is 0 Å². The van der Waals surface area contributed by atoms with Crippen molar-refractivity contribution in [3.05, 3.63) is 0 Å². The Hall–Kier alpha value is 1.32. The SMILES string of the molecule is CCCC[SiH2]C(OC)(OC)SSSC(OC)(OC)[SiH2]CCCC. The van der Waals surface area contributed by atoms with Crippen LogP contribution in [0.5, 0.6) is 0 Å². The average Bonchev–Trinajstić information content (AvgIpc) is 2.59. The van der Waals surface area contributed by atoms with E-state index in [2.05, 4.69) is 13.8 Å². The molecule has 0 bridgehead atoms. The fourth-order valence-electron chi connectivity index (χ4n) is 2.10. The molecule has 0 saturated carbocycles. The highest BCUT2D eigenvalue weighted by molar-refractivity contribution is 9.10. The van der Waals surface area contributed by atoms with E-state index in [1.54, 1.807) is 59.9 Å². The molecule has 0 fully saturated rings. The predicted molar refractivity (Wildman–Crippen MR) is 113 cm³/mol. The maximum absolute atomic E-state index is 5.71. The molecule has 0 atom stereocenters. The van der Waals surface area contributed by atoms with Crippen LogP contribution in [-0.2, 0) is 18.9 Å². The summed E-state index contributed by atoms with van der Waals surface area (Å²) in [6, 6.07) is 2.47. The van der Waals surface area contributed by atoms with Crippen molar-refractivity contribution in [1.82, 2.24) is 0 Å². The third kappa shape index (κ3) is 9.55. The van der Waals surface area contributed by atoms with Gasteiger partial charge in [0.15, 0.2) is 9.48 Å². The Morgan fingerprint density at radius 2 is 1.04 bits per heavy atom. The molecule has 0 unspecified atom stereocenters. The predicted octanol–water partition coefficient (Wildman–Crippen LogP) is 3.60. The van der Waals surface area contributed by atoms with Crippen molar-refractivity contribution in [2.75, 3.05) is 28.4 Å². The van der Waals surface area contributed by atoms with Gasteiger partial charge in [-0.1, -0.05) is 51.6 Å². The molecular formula is C14H34O4S3Si2. The highest BCUT2D eigenvalue weighted by atomic mass is 33.5. The van der Waals surface area contributed by atoms with Gasteiger partial charge >= 0.3 is 0 Å². The second-order valence-corrected chi connectivity index (χ2v) is 15.0. The number of methoxy groups -OCH3 is 4. The monoisotopic (exact) mass is 418 g/mol. The summed E-state index contributed by atoms with van der Waals surface area (Å²) >= 11 is 0. The lowest BCUT2D eigenvalue weighted by atomic mass is 10.4. The van der Waals surface area contributed by atoms with Gasteiger partial charge in [0.2, 0.25) is 0 Å². The van der Waals surface area contributed by atoms with Crippen molar-refractivity contribution in [2.45, 2.75) is 61.1 Å². The lowest BCUT2D eigenvalue weighted by Crippen LogP contribution is -2.37. The minimum atomic E-state index is -0.475. The lowest BCUT2D eigenvalue weighted by molar-refractivity contribution is -0.0728. The van der Waals surface area contributed by atoms with Crippen LogP contribution in [0.25, 0.3) is 0 Å². The second kappa shape index (κ2) is 14.5. The van der Waals surface area contributed by atoms with Crippen LogP contribution in [0.1, 0.15) is 39.5 Å². The van der Waals surface area contributed by atoms with Crippen LogP contribution < -0.4 is 0 Å². The average molecular weight is 419 g/mol. The summed E-state index contributed by atoms with van der Waals surface area (Å²) in [7, 11) is 11.1. The van der Waals surface area contributed by atoms with Crippen molar-refractivity contribution in [2.24, 2.45) is 0 Å². The van der Waals surface area contributed by atoms with Crippen LogP contribution in [-0.4, -0.2) is 57.0 Å². The molecule has 4 nitrogen and oxygen atoms in total. The largest absolute Gasteiger partial charge is 0.348 e. The van der Waals surface area contributed by atoms with Crippen molar-refractivity contribution >= 4 is 50.5 Å². The summed E-state index contributed by atoms with van der Waals surface area (Å²) < 4.78 is 21.9. The van der Waals surface area contributed by atoms with E-state index in [0.717, 1.165) is 0 Å². The van der Waals surface area contributed by atoms with Crippen LogP contribution >= 0.6 is 31.4 Å². The van der Waals surface area contributed by atoms with Crippen LogP contribution in [0.15, 0.2) is 0 Å². The Labute approximate surface area is 158 Å². The minimum absolute atomic E-state index is 0.453. The molecule has 9 heteroatoms. The first kappa shape index (κ1) is 24.3. The number of hydrogen-bond donors (Lipinski definition) is 0. The van der Waals surface area contributed by atoms with Gasteiger partial charge in [0.05, 0.1) is 0 Å². The summed E-state index contributed by atoms with van der Waals surface area (Å²) in [5.74, 6) is 0. The fraction of sp³-hybridized carbons (Fsp3) is 1.00. The molecule has 0 aliphatic carbocycles. The van der Waals surface area contributed by atoms with Crippen molar-refractivity contribution in [3.63, 3.8) is 0 Å². The topological polar surface area (TPSA) is 36.9 Å². The molecule has 0 aliphatic rings. The molecule has 23 heavy (non-hydrogen) atoms. The second-order valence-electron chi connectivity index (χ2n) is 5.33. The Morgan fingerprint density at radius 1 is 0.696 bits per heavy atom. The van der Waals surface area contributed by atoms with Crippen LogP contribution in [0.4, 0.5) is 0 Å². The third-order valence-corrected chi connectivity index (χ3v) is 15.6. The summed E-state index contributed by atoms with van der Waals surface area (Å²) in [6.45, 7) is 4.44. The molecule has 140 valence electrons. The Balaban J connectivity index is 4.50. The third-order valence-electron chi connectivity index (χ3n) is 3.74. The first-order valence-corrected chi connectivity index (χ1v) is 15.2. The maximum Gasteiger partial charge on any atom is 0.200 e. The van der Waals surface area contributed by atoms with Gasteiger partial charge in [0.25, 0.3) is 0 Å². The zero-order valence-electron chi connectivity index (χ0n) is 15.5. The van der Waals surface area contributed by atoms with Gasteiger partial charge in [0.1, 0.15) is 19.0 Å². The molecule has 0 heterocycles. The standard InChI is InChI=1S/C14H34O4S3Si2/c1-7-9-11-22-13(15-3,16-4)19-21-20-14(17-5,18-6)23-12-10-8-2/h7-12,22-23H2,1-6H3. The van der Waals surface area contributed by atoms with Crippen LogP contribution in [0.3, 0.4) is 0 Å². The van der Waals surface area contributed by atoms with Gasteiger partial charge in [-0.25, -0.2) is 0 Å². The number of hydrogen-bond acceptors (Lipinski definition) is 7. The van der Waals surface area contributed by atoms with E-state index in [1.807, 2.05) is 0 Å². The highest BCUT2D eigenvalue weighted by Gasteiger charge is 2.35. The Morgan fingerprint density at radius 3 is 1.30 bits per heavy atom. The summed E-state index contributed by atoms with van der Waals surface area (Å²) in [6.07, 6.45) is 4.96. The molecule has 0 amide bonds. The number of ether oxygens (including phenoxy) is 4. The van der Waals surface area contributed by atoms with Gasteiger partial charge in [-0.2, -0.15) is 0 Å². The van der Waals surface area contributed by atoms with Gasteiger partial charge in [-0.05, 0) is 31.4 Å². The quantitative estimate of drug-likeness (QED) is 0.164. The molecule has 0 aliphatic heterocycles. The van der Waals surface area contributed by atoms with E-state index in [1.165, 1.54) is 37.8 Å². The normalized spacial score (nSPS) is 13.8. The smallest absolute Gasteiger partial charge is 0.200 e. The first-order valence-electron chi connectivity index (χ1n) is 8.31. The van der Waals surface area contributed by atoms with Gasteiger partial charge < -0.3 is 18.9 Å². The molecule has 0 aromatic rings. The molecule has 0 aromatic heterocycles. The number of rotatable bonds is 16. The van der Waals surface area contributed by atoms with Crippen molar-refractivity contribution < 1.29 is 18.9 Å². The highest BCUT2D eigenvalue weighted by Crippen LogP contribution is 2.49. The minimum Gasteiger partial charge on any atom is -0.348 e. The zero-order chi connectivity index (χ0) is 17.6. The van der Waals surface area contributed by atoms with Gasteiger partial charge in [-0.15, -0.1) is 0 Å². The lowest BCUT2D eigenvalue weighted by Gasteiger charge is -2.32. The zero-order valence-corrected chi connectivity index (χ0v) is 20.8. The molecular weight excluding hydrogens is 385 g/mol. The first-order chi connectivity index (χ1) is 11.1. The van der Waals surface area contributed by atoms with Gasteiger partial charge in [0, 0.05) is 28.4 Å². The van der Waals surface area contributed by atoms with E-state index < -0.39 is 28.5 Å². The molecule has 0 aromatic carbocycles. The maximum atomic E-state index is 5.71. The van der Waals surface area contributed by atoms with E-state index in [9.17, 15) is 0 Å². The summed E-state index contributed by atoms with van der Waals surface area (Å²) in [4.78, 5) is 0. The Bertz CT molecular complexity index is 255. The van der Waals surface area contributed by atoms with Crippen LogP contribution in [0.2, 0.25) is 12.1 Å². The summed E-state index contributed by atoms with van der Waals surface area (Å²) in [5.41, 5.74) is 0.